The van der Waals surface area contributed by atoms with Crippen LogP contribution in [0, 0.1) is 0 Å². The van der Waals surface area contributed by atoms with Crippen molar-refractivity contribution in [2.24, 2.45) is 5.73 Å². The van der Waals surface area contributed by atoms with Crippen LogP contribution in [0.1, 0.15) is 47.5 Å². The Hall–Kier alpha value is -0.380. The summed E-state index contributed by atoms with van der Waals surface area (Å²) in [5.74, 6) is 0. The van der Waals surface area contributed by atoms with Crippen molar-refractivity contribution in [3.63, 3.8) is 0 Å². The Morgan fingerprint density at radius 2 is 2.25 bits per heavy atom. The van der Waals surface area contributed by atoms with E-state index in [1.54, 1.807) is 4.88 Å². The fraction of sp³-hybridized carbons (Fsp3) is 0.692. The summed E-state index contributed by atoms with van der Waals surface area (Å²) >= 11 is 1.90. The van der Waals surface area contributed by atoms with Crippen molar-refractivity contribution in [2.45, 2.75) is 45.1 Å². The molecule has 0 radical (unpaired) electrons. The van der Waals surface area contributed by atoms with E-state index in [2.05, 4.69) is 13.0 Å². The lowest BCUT2D eigenvalue weighted by Crippen LogP contribution is -2.16. The van der Waals surface area contributed by atoms with E-state index in [1.807, 2.05) is 11.3 Å². The molecule has 1 aliphatic rings. The van der Waals surface area contributed by atoms with Gasteiger partial charge in [0.05, 0.1) is 12.6 Å². The smallest absolute Gasteiger partial charge is 0.0667 e. The Balaban J connectivity index is 1.95. The van der Waals surface area contributed by atoms with Crippen molar-refractivity contribution >= 4 is 11.3 Å². The summed E-state index contributed by atoms with van der Waals surface area (Å²) in [6.07, 6.45) is 6.24. The Morgan fingerprint density at radius 1 is 1.44 bits per heavy atom. The molecule has 3 heteroatoms. The van der Waals surface area contributed by atoms with Gasteiger partial charge < -0.3 is 10.5 Å². The summed E-state index contributed by atoms with van der Waals surface area (Å²) in [6.45, 7) is 3.60. The molecule has 0 saturated heterocycles. The van der Waals surface area contributed by atoms with E-state index in [0.717, 1.165) is 13.0 Å². The first-order valence-electron chi connectivity index (χ1n) is 6.26. The molecule has 1 unspecified atom stereocenters. The number of ether oxygens (including phenoxy) is 1. The number of fused-ring (bicyclic) bond motifs is 1. The second kappa shape index (κ2) is 5.80. The van der Waals surface area contributed by atoms with E-state index >= 15 is 0 Å². The fourth-order valence-electron chi connectivity index (χ4n) is 2.13. The van der Waals surface area contributed by atoms with Crippen LogP contribution in [0.5, 0.6) is 0 Å². The summed E-state index contributed by atoms with van der Waals surface area (Å²) in [5, 5.41) is 0. The van der Waals surface area contributed by atoms with Crippen molar-refractivity contribution < 1.29 is 4.74 Å². The first-order valence-corrected chi connectivity index (χ1v) is 7.07. The zero-order valence-corrected chi connectivity index (χ0v) is 10.8. The Labute approximate surface area is 102 Å². The summed E-state index contributed by atoms with van der Waals surface area (Å²) in [4.78, 5) is 2.87. The first-order chi connectivity index (χ1) is 7.81. The Kier molecular flexibility index (Phi) is 4.38. The van der Waals surface area contributed by atoms with Gasteiger partial charge in [0.15, 0.2) is 0 Å². The predicted molar refractivity (Wildman–Crippen MR) is 69.0 cm³/mol. The maximum absolute atomic E-state index is 6.13. The molecule has 2 rings (SSSR count). The molecule has 0 aromatic carbocycles. The van der Waals surface area contributed by atoms with E-state index in [0.29, 0.717) is 6.61 Å². The van der Waals surface area contributed by atoms with Gasteiger partial charge in [0.2, 0.25) is 0 Å². The van der Waals surface area contributed by atoms with Crippen molar-refractivity contribution in [2.75, 3.05) is 13.2 Å². The molecule has 2 nitrogen and oxygen atoms in total. The van der Waals surface area contributed by atoms with Crippen LogP contribution in [0.25, 0.3) is 0 Å². The molecule has 0 amide bonds. The van der Waals surface area contributed by atoms with Gasteiger partial charge in [-0.3, -0.25) is 0 Å². The Morgan fingerprint density at radius 3 is 3.00 bits per heavy atom. The van der Waals surface area contributed by atoms with Crippen LogP contribution in [0.15, 0.2) is 6.07 Å². The second-order valence-electron chi connectivity index (χ2n) is 4.49. The van der Waals surface area contributed by atoms with Crippen LogP contribution in [-0.4, -0.2) is 13.2 Å². The van der Waals surface area contributed by atoms with Gasteiger partial charge in [-0.2, -0.15) is 0 Å². The summed E-state index contributed by atoms with van der Waals surface area (Å²) in [6, 6.07) is 2.38. The lowest BCUT2D eigenvalue weighted by atomic mass is 9.99. The lowest BCUT2D eigenvalue weighted by Gasteiger charge is -2.09. The largest absolute Gasteiger partial charge is 0.379 e. The molecule has 0 aliphatic heterocycles. The minimum atomic E-state index is 0.0714. The number of nitrogens with two attached hydrogens (primary N) is 1. The Bertz CT molecular complexity index is 311. The highest BCUT2D eigenvalue weighted by Gasteiger charge is 2.16. The van der Waals surface area contributed by atoms with Crippen LogP contribution >= 0.6 is 11.3 Å². The van der Waals surface area contributed by atoms with Crippen LogP contribution < -0.4 is 5.73 Å². The van der Waals surface area contributed by atoms with Gasteiger partial charge in [-0.05, 0) is 43.7 Å². The van der Waals surface area contributed by atoms with Crippen LogP contribution in [0.3, 0.4) is 0 Å². The second-order valence-corrected chi connectivity index (χ2v) is 5.65. The van der Waals surface area contributed by atoms with Gasteiger partial charge in [0.1, 0.15) is 0 Å². The van der Waals surface area contributed by atoms with Gasteiger partial charge in [-0.1, -0.05) is 6.92 Å². The summed E-state index contributed by atoms with van der Waals surface area (Å²) < 4.78 is 5.51. The molecule has 2 N–H and O–H groups in total. The average molecular weight is 239 g/mol. The number of hydrogen-bond donors (Lipinski definition) is 1. The zero-order valence-electron chi connectivity index (χ0n) is 10.00. The van der Waals surface area contributed by atoms with E-state index in [1.165, 1.54) is 36.1 Å². The average Bonchev–Trinajstić information content (AvgIpc) is 2.73. The zero-order chi connectivity index (χ0) is 11.4. The van der Waals surface area contributed by atoms with Gasteiger partial charge >= 0.3 is 0 Å². The molecule has 90 valence electrons. The molecule has 16 heavy (non-hydrogen) atoms. The quantitative estimate of drug-likeness (QED) is 0.802. The van der Waals surface area contributed by atoms with Gasteiger partial charge in [0.25, 0.3) is 0 Å². The number of thiophene rings is 1. The predicted octanol–water partition coefficient (Wildman–Crippen LogP) is 3.05. The lowest BCUT2D eigenvalue weighted by molar-refractivity contribution is 0.122. The van der Waals surface area contributed by atoms with Gasteiger partial charge in [0, 0.05) is 16.4 Å². The van der Waals surface area contributed by atoms with Crippen LogP contribution in [-0.2, 0) is 17.6 Å². The highest BCUT2D eigenvalue weighted by molar-refractivity contribution is 7.12. The van der Waals surface area contributed by atoms with Gasteiger partial charge in [-0.25, -0.2) is 0 Å². The topological polar surface area (TPSA) is 35.2 Å². The highest BCUT2D eigenvalue weighted by atomic mass is 32.1. The molecule has 1 aromatic rings. The number of rotatable bonds is 5. The SMILES string of the molecule is CCCOCC(N)c1cc2c(s1)CCCC2. The molecule has 0 bridgehead atoms. The fourth-order valence-corrected chi connectivity index (χ4v) is 3.38. The molecular formula is C13H21NOS. The highest BCUT2D eigenvalue weighted by Crippen LogP contribution is 2.32. The van der Waals surface area contributed by atoms with E-state index < -0.39 is 0 Å². The maximum atomic E-state index is 6.13. The van der Waals surface area contributed by atoms with E-state index in [4.69, 9.17) is 10.5 Å². The van der Waals surface area contributed by atoms with Gasteiger partial charge in [-0.15, -0.1) is 11.3 Å². The van der Waals surface area contributed by atoms with Crippen molar-refractivity contribution in [1.82, 2.24) is 0 Å². The third-order valence-electron chi connectivity index (χ3n) is 3.03. The molecular weight excluding hydrogens is 218 g/mol. The minimum Gasteiger partial charge on any atom is -0.379 e. The molecule has 1 aliphatic carbocycles. The molecule has 1 heterocycles. The van der Waals surface area contributed by atoms with Crippen molar-refractivity contribution in [3.8, 4) is 0 Å². The standard InChI is InChI=1S/C13H21NOS/c1-2-7-15-9-11(14)13-8-10-5-3-4-6-12(10)16-13/h8,11H,2-7,9,14H2,1H3. The molecule has 0 spiro atoms. The van der Waals surface area contributed by atoms with E-state index in [9.17, 15) is 0 Å². The normalized spacial score (nSPS) is 17.1. The third kappa shape index (κ3) is 2.84. The summed E-state index contributed by atoms with van der Waals surface area (Å²) in [7, 11) is 0. The summed E-state index contributed by atoms with van der Waals surface area (Å²) in [5.41, 5.74) is 7.67. The number of aryl methyl sites for hydroxylation is 2. The monoisotopic (exact) mass is 239 g/mol. The molecule has 1 aromatic heterocycles. The van der Waals surface area contributed by atoms with Crippen LogP contribution in [0.4, 0.5) is 0 Å². The van der Waals surface area contributed by atoms with Crippen molar-refractivity contribution in [3.05, 3.63) is 21.4 Å². The minimum absolute atomic E-state index is 0.0714. The van der Waals surface area contributed by atoms with E-state index in [-0.39, 0.29) is 6.04 Å². The van der Waals surface area contributed by atoms with Crippen molar-refractivity contribution in [1.29, 1.82) is 0 Å². The molecule has 1 atom stereocenters. The van der Waals surface area contributed by atoms with Crippen LogP contribution in [0.2, 0.25) is 0 Å². The first kappa shape index (κ1) is 12.1. The maximum Gasteiger partial charge on any atom is 0.0667 e. The molecule has 0 fully saturated rings. The third-order valence-corrected chi connectivity index (χ3v) is 4.40. The molecule has 0 saturated carbocycles. The number of hydrogen-bond acceptors (Lipinski definition) is 3.